The summed E-state index contributed by atoms with van der Waals surface area (Å²) in [5.74, 6) is 5.09. The van der Waals surface area contributed by atoms with E-state index in [0.717, 1.165) is 5.56 Å². The maximum atomic E-state index is 11.5. The van der Waals surface area contributed by atoms with Gasteiger partial charge in [-0.15, -0.1) is 0 Å². The Balaban J connectivity index is 2.49. The molecule has 0 spiro atoms. The highest BCUT2D eigenvalue weighted by molar-refractivity contribution is 5.94. The minimum atomic E-state index is -0.268. The van der Waals surface area contributed by atoms with Crippen LogP contribution >= 0.6 is 0 Å². The Labute approximate surface area is 102 Å². The first-order valence-corrected chi connectivity index (χ1v) is 5.58. The monoisotopic (exact) mass is 230 g/mol. The second-order valence-corrected chi connectivity index (χ2v) is 4.67. The zero-order valence-corrected chi connectivity index (χ0v) is 10.3. The fourth-order valence-corrected chi connectivity index (χ4v) is 1.09. The SMILES string of the molecule is CC(C)(CN)CNC(=O)C#Cc1ccccc1. The smallest absolute Gasteiger partial charge is 0.296 e. The standard InChI is InChI=1S/C14H18N2O/c1-14(2,10-15)11-16-13(17)9-8-12-6-4-3-5-7-12/h3-7H,10-11,15H2,1-2H3,(H,16,17). The summed E-state index contributed by atoms with van der Waals surface area (Å²) in [4.78, 5) is 11.5. The molecule has 17 heavy (non-hydrogen) atoms. The van der Waals surface area contributed by atoms with Gasteiger partial charge in [-0.2, -0.15) is 0 Å². The second-order valence-electron chi connectivity index (χ2n) is 4.67. The van der Waals surface area contributed by atoms with Crippen molar-refractivity contribution in [1.29, 1.82) is 0 Å². The molecule has 3 nitrogen and oxygen atoms in total. The predicted molar refractivity (Wildman–Crippen MR) is 69.2 cm³/mol. The molecule has 0 bridgehead atoms. The van der Waals surface area contributed by atoms with Crippen LogP contribution < -0.4 is 11.1 Å². The molecule has 0 aliphatic heterocycles. The van der Waals surface area contributed by atoms with Crippen LogP contribution in [0.3, 0.4) is 0 Å². The summed E-state index contributed by atoms with van der Waals surface area (Å²) in [5.41, 5.74) is 6.31. The third kappa shape index (κ3) is 5.19. The van der Waals surface area contributed by atoms with E-state index >= 15 is 0 Å². The minimum Gasteiger partial charge on any atom is -0.345 e. The average Bonchev–Trinajstić information content (AvgIpc) is 2.35. The summed E-state index contributed by atoms with van der Waals surface area (Å²) in [6, 6.07) is 9.42. The fraction of sp³-hybridized carbons (Fsp3) is 0.357. The van der Waals surface area contributed by atoms with Gasteiger partial charge in [0.1, 0.15) is 0 Å². The molecule has 1 aromatic carbocycles. The quantitative estimate of drug-likeness (QED) is 0.765. The number of hydrogen-bond acceptors (Lipinski definition) is 2. The van der Waals surface area contributed by atoms with Gasteiger partial charge in [0.2, 0.25) is 0 Å². The Hall–Kier alpha value is -1.79. The van der Waals surface area contributed by atoms with Crippen molar-refractivity contribution in [3.05, 3.63) is 35.9 Å². The molecule has 90 valence electrons. The normalized spacial score (nSPS) is 10.3. The van der Waals surface area contributed by atoms with Crippen LogP contribution in [0.4, 0.5) is 0 Å². The number of carbonyl (C=O) groups is 1. The van der Waals surface area contributed by atoms with Crippen LogP contribution in [0.1, 0.15) is 19.4 Å². The molecule has 0 unspecified atom stereocenters. The lowest BCUT2D eigenvalue weighted by Crippen LogP contribution is -2.37. The van der Waals surface area contributed by atoms with E-state index in [0.29, 0.717) is 13.1 Å². The van der Waals surface area contributed by atoms with Gasteiger partial charge < -0.3 is 11.1 Å². The summed E-state index contributed by atoms with van der Waals surface area (Å²) in [7, 11) is 0. The Kier molecular flexibility index (Phi) is 4.74. The first-order valence-electron chi connectivity index (χ1n) is 5.58. The average molecular weight is 230 g/mol. The molecule has 0 radical (unpaired) electrons. The highest BCUT2D eigenvalue weighted by atomic mass is 16.1. The minimum absolute atomic E-state index is 0.0932. The van der Waals surface area contributed by atoms with Gasteiger partial charge in [0.25, 0.3) is 5.91 Å². The fourth-order valence-electron chi connectivity index (χ4n) is 1.09. The summed E-state index contributed by atoms with van der Waals surface area (Å²) in [6.07, 6.45) is 0. The molecular formula is C14H18N2O. The molecular weight excluding hydrogens is 212 g/mol. The lowest BCUT2D eigenvalue weighted by molar-refractivity contribution is -0.116. The summed E-state index contributed by atoms with van der Waals surface area (Å²) >= 11 is 0. The molecule has 0 aromatic heterocycles. The van der Waals surface area contributed by atoms with E-state index in [1.54, 1.807) is 0 Å². The highest BCUT2D eigenvalue weighted by Gasteiger charge is 2.15. The van der Waals surface area contributed by atoms with Crippen LogP contribution in [0.5, 0.6) is 0 Å². The van der Waals surface area contributed by atoms with Crippen molar-refractivity contribution in [2.24, 2.45) is 11.1 Å². The van der Waals surface area contributed by atoms with E-state index in [1.807, 2.05) is 44.2 Å². The second kappa shape index (κ2) is 6.07. The van der Waals surface area contributed by atoms with Gasteiger partial charge >= 0.3 is 0 Å². The Morgan fingerprint density at radius 1 is 1.35 bits per heavy atom. The van der Waals surface area contributed by atoms with Crippen molar-refractivity contribution in [2.75, 3.05) is 13.1 Å². The number of amides is 1. The predicted octanol–water partition coefficient (Wildman–Crippen LogP) is 1.14. The van der Waals surface area contributed by atoms with E-state index in [9.17, 15) is 4.79 Å². The van der Waals surface area contributed by atoms with E-state index in [-0.39, 0.29) is 11.3 Å². The summed E-state index contributed by atoms with van der Waals surface area (Å²) in [6.45, 7) is 5.06. The zero-order chi connectivity index (χ0) is 12.7. The van der Waals surface area contributed by atoms with Gasteiger partial charge in [-0.25, -0.2) is 0 Å². The lowest BCUT2D eigenvalue weighted by atomic mass is 9.94. The third-order valence-corrected chi connectivity index (χ3v) is 2.37. The van der Waals surface area contributed by atoms with Crippen molar-refractivity contribution in [1.82, 2.24) is 5.32 Å². The van der Waals surface area contributed by atoms with E-state index < -0.39 is 0 Å². The maximum Gasteiger partial charge on any atom is 0.296 e. The number of benzene rings is 1. The van der Waals surface area contributed by atoms with Crippen LogP contribution in [0.2, 0.25) is 0 Å². The van der Waals surface area contributed by atoms with Gasteiger partial charge in [0.15, 0.2) is 0 Å². The number of carbonyl (C=O) groups excluding carboxylic acids is 1. The highest BCUT2D eigenvalue weighted by Crippen LogP contribution is 2.09. The first-order chi connectivity index (χ1) is 8.03. The molecule has 0 aliphatic rings. The molecule has 0 saturated carbocycles. The van der Waals surface area contributed by atoms with Crippen molar-refractivity contribution >= 4 is 5.91 Å². The van der Waals surface area contributed by atoms with Gasteiger partial charge in [-0.1, -0.05) is 38.0 Å². The Morgan fingerprint density at radius 3 is 2.59 bits per heavy atom. The van der Waals surface area contributed by atoms with Gasteiger partial charge in [0, 0.05) is 18.0 Å². The molecule has 0 saturated heterocycles. The molecule has 1 amide bonds. The lowest BCUT2D eigenvalue weighted by Gasteiger charge is -2.21. The third-order valence-electron chi connectivity index (χ3n) is 2.37. The topological polar surface area (TPSA) is 55.1 Å². The van der Waals surface area contributed by atoms with Crippen molar-refractivity contribution < 1.29 is 4.79 Å². The Morgan fingerprint density at radius 2 is 2.00 bits per heavy atom. The Bertz CT molecular complexity index is 427. The van der Waals surface area contributed by atoms with Gasteiger partial charge in [0.05, 0.1) is 0 Å². The first kappa shape index (κ1) is 13.3. The molecule has 1 aromatic rings. The molecule has 1 rings (SSSR count). The number of nitrogens with two attached hydrogens (primary N) is 1. The van der Waals surface area contributed by atoms with Crippen LogP contribution in [0.25, 0.3) is 0 Å². The van der Waals surface area contributed by atoms with Crippen molar-refractivity contribution in [2.45, 2.75) is 13.8 Å². The molecule has 3 heteroatoms. The molecule has 0 fully saturated rings. The summed E-state index contributed by atoms with van der Waals surface area (Å²) in [5, 5.41) is 2.75. The van der Waals surface area contributed by atoms with Gasteiger partial charge in [-0.3, -0.25) is 4.79 Å². The van der Waals surface area contributed by atoms with Crippen LogP contribution in [-0.2, 0) is 4.79 Å². The molecule has 0 heterocycles. The molecule has 0 aliphatic carbocycles. The van der Waals surface area contributed by atoms with Crippen molar-refractivity contribution in [3.8, 4) is 11.8 Å². The van der Waals surface area contributed by atoms with E-state index in [2.05, 4.69) is 17.2 Å². The number of nitrogens with one attached hydrogen (secondary N) is 1. The largest absolute Gasteiger partial charge is 0.345 e. The number of rotatable bonds is 3. The molecule has 0 atom stereocenters. The van der Waals surface area contributed by atoms with E-state index in [4.69, 9.17) is 5.73 Å². The summed E-state index contributed by atoms with van der Waals surface area (Å²) < 4.78 is 0. The van der Waals surface area contributed by atoms with Crippen LogP contribution in [0, 0.1) is 17.3 Å². The maximum absolute atomic E-state index is 11.5. The van der Waals surface area contributed by atoms with E-state index in [1.165, 1.54) is 0 Å². The van der Waals surface area contributed by atoms with Gasteiger partial charge in [-0.05, 0) is 24.1 Å². The number of hydrogen-bond donors (Lipinski definition) is 2. The van der Waals surface area contributed by atoms with Crippen LogP contribution in [-0.4, -0.2) is 19.0 Å². The zero-order valence-electron chi connectivity index (χ0n) is 10.3. The molecule has 3 N–H and O–H groups in total. The van der Waals surface area contributed by atoms with Crippen LogP contribution in [0.15, 0.2) is 30.3 Å². The van der Waals surface area contributed by atoms with Crippen molar-refractivity contribution in [3.63, 3.8) is 0 Å².